The third-order valence-corrected chi connectivity index (χ3v) is 3.85. The van der Waals surface area contributed by atoms with Gasteiger partial charge in [0.05, 0.1) is 16.8 Å². The molecule has 0 aromatic heterocycles. The lowest BCUT2D eigenvalue weighted by Crippen LogP contribution is -2.12. The number of nitrogens with zero attached hydrogens (tertiary/aromatic N) is 1. The number of aliphatic imine (C=N–C) groups is 1. The van der Waals surface area contributed by atoms with E-state index in [1.807, 2.05) is 20.8 Å². The van der Waals surface area contributed by atoms with E-state index in [9.17, 15) is 31.4 Å². The highest BCUT2D eigenvalue weighted by molar-refractivity contribution is 5.87. The average molecular weight is 389 g/mol. The maximum atomic E-state index is 13.2. The molecule has 146 valence electrons. The predicted octanol–water partition coefficient (Wildman–Crippen LogP) is 6.48. The minimum atomic E-state index is -5.01. The smallest absolute Gasteiger partial charge is 0.418 e. The van der Waals surface area contributed by atoms with Crippen molar-refractivity contribution in [3.8, 4) is 5.75 Å². The van der Waals surface area contributed by atoms with Crippen molar-refractivity contribution >= 4 is 11.9 Å². The van der Waals surface area contributed by atoms with Crippen LogP contribution in [0.3, 0.4) is 0 Å². The van der Waals surface area contributed by atoms with Crippen LogP contribution in [0.15, 0.2) is 41.4 Å². The van der Waals surface area contributed by atoms with Crippen LogP contribution in [0.4, 0.5) is 32.0 Å². The fourth-order valence-corrected chi connectivity index (χ4v) is 2.54. The summed E-state index contributed by atoms with van der Waals surface area (Å²) in [6.07, 6.45) is -9.21. The van der Waals surface area contributed by atoms with E-state index in [-0.39, 0.29) is 11.3 Å². The predicted molar refractivity (Wildman–Crippen MR) is 90.5 cm³/mol. The van der Waals surface area contributed by atoms with E-state index >= 15 is 0 Å². The Labute approximate surface area is 152 Å². The van der Waals surface area contributed by atoms with Gasteiger partial charge in [-0.15, -0.1) is 0 Å². The van der Waals surface area contributed by atoms with Crippen molar-refractivity contribution in [1.29, 1.82) is 0 Å². The molecule has 0 fully saturated rings. The molecule has 0 aliphatic heterocycles. The van der Waals surface area contributed by atoms with Crippen LogP contribution in [0.25, 0.3) is 0 Å². The molecule has 0 atom stereocenters. The van der Waals surface area contributed by atoms with E-state index in [0.717, 1.165) is 6.21 Å². The number of alkyl halides is 6. The Morgan fingerprint density at radius 3 is 1.67 bits per heavy atom. The zero-order valence-corrected chi connectivity index (χ0v) is 14.7. The van der Waals surface area contributed by atoms with Crippen LogP contribution in [-0.2, 0) is 17.8 Å². The van der Waals surface area contributed by atoms with Gasteiger partial charge in [-0.25, -0.2) is 0 Å². The topological polar surface area (TPSA) is 32.6 Å². The zero-order valence-electron chi connectivity index (χ0n) is 14.7. The fourth-order valence-electron chi connectivity index (χ4n) is 2.54. The molecule has 1 N–H and O–H groups in total. The van der Waals surface area contributed by atoms with Crippen LogP contribution in [-0.4, -0.2) is 11.3 Å². The lowest BCUT2D eigenvalue weighted by molar-refractivity contribution is -0.141. The molecule has 2 aromatic rings. The summed E-state index contributed by atoms with van der Waals surface area (Å²) in [6, 6.07) is 6.28. The second kappa shape index (κ2) is 6.90. The fraction of sp³-hybridized carbons (Fsp3) is 0.316. The molecule has 2 aromatic carbocycles. The van der Waals surface area contributed by atoms with Gasteiger partial charge in [0.15, 0.2) is 0 Å². The number of hydrogen-bond donors (Lipinski definition) is 1. The Balaban J connectivity index is 2.64. The summed E-state index contributed by atoms with van der Waals surface area (Å²) in [5.74, 6) is -0.244. The molecule has 0 heterocycles. The number of halogens is 6. The molecule has 0 radical (unpaired) electrons. The molecule has 0 saturated carbocycles. The minimum Gasteiger partial charge on any atom is -0.507 e. The first-order valence-electron chi connectivity index (χ1n) is 7.87. The van der Waals surface area contributed by atoms with E-state index in [1.54, 1.807) is 12.1 Å². The van der Waals surface area contributed by atoms with Crippen molar-refractivity contribution < 1.29 is 31.4 Å². The molecular weight excluding hydrogens is 372 g/mol. The van der Waals surface area contributed by atoms with Crippen molar-refractivity contribution in [2.75, 3.05) is 0 Å². The number of aromatic hydroxyl groups is 1. The van der Waals surface area contributed by atoms with Crippen molar-refractivity contribution in [2.24, 2.45) is 4.99 Å². The van der Waals surface area contributed by atoms with E-state index in [2.05, 4.69) is 4.99 Å². The normalized spacial score (nSPS) is 13.4. The second-order valence-electron chi connectivity index (χ2n) is 6.95. The van der Waals surface area contributed by atoms with E-state index in [0.29, 0.717) is 23.8 Å². The third kappa shape index (κ3) is 4.61. The molecule has 0 spiro atoms. The number of benzene rings is 2. The standard InChI is InChI=1S/C19H17F6NO/c1-17(2,3)14-9-4-6-11(16(14)27)10-26-15-12(18(20,21)22)7-5-8-13(15)19(23,24)25/h4-10,27H,1-3H3. The van der Waals surface area contributed by atoms with Gasteiger partial charge < -0.3 is 5.11 Å². The van der Waals surface area contributed by atoms with Crippen LogP contribution >= 0.6 is 0 Å². The molecular formula is C19H17F6NO. The van der Waals surface area contributed by atoms with Crippen LogP contribution in [0, 0.1) is 0 Å². The largest absolute Gasteiger partial charge is 0.507 e. The first-order valence-corrected chi connectivity index (χ1v) is 7.87. The van der Waals surface area contributed by atoms with Crippen molar-refractivity contribution in [3.05, 3.63) is 58.7 Å². The Kier molecular flexibility index (Phi) is 5.32. The van der Waals surface area contributed by atoms with Gasteiger partial charge in [0.1, 0.15) is 5.75 Å². The first-order chi connectivity index (χ1) is 12.2. The van der Waals surface area contributed by atoms with Gasteiger partial charge in [-0.3, -0.25) is 4.99 Å². The van der Waals surface area contributed by atoms with Crippen molar-refractivity contribution in [1.82, 2.24) is 0 Å². The van der Waals surface area contributed by atoms with Crippen LogP contribution in [0.1, 0.15) is 43.0 Å². The van der Waals surface area contributed by atoms with Gasteiger partial charge in [0.2, 0.25) is 0 Å². The number of hydrogen-bond acceptors (Lipinski definition) is 2. The molecule has 2 nitrogen and oxygen atoms in total. The molecule has 2 rings (SSSR count). The highest BCUT2D eigenvalue weighted by Crippen LogP contribution is 2.44. The van der Waals surface area contributed by atoms with E-state index < -0.39 is 34.6 Å². The van der Waals surface area contributed by atoms with E-state index in [1.165, 1.54) is 6.07 Å². The maximum Gasteiger partial charge on any atom is 0.418 e. The van der Waals surface area contributed by atoms with Gasteiger partial charge >= 0.3 is 12.4 Å². The lowest BCUT2D eigenvalue weighted by Gasteiger charge is -2.21. The molecule has 0 bridgehead atoms. The summed E-state index contributed by atoms with van der Waals surface area (Å²) in [5.41, 5.74) is -4.20. The highest BCUT2D eigenvalue weighted by Gasteiger charge is 2.40. The Morgan fingerprint density at radius 1 is 0.778 bits per heavy atom. The van der Waals surface area contributed by atoms with Gasteiger partial charge in [0.25, 0.3) is 0 Å². The maximum absolute atomic E-state index is 13.2. The number of para-hydroxylation sites is 2. The first kappa shape index (κ1) is 20.8. The lowest BCUT2D eigenvalue weighted by atomic mass is 9.85. The van der Waals surface area contributed by atoms with Crippen LogP contribution in [0.5, 0.6) is 5.75 Å². The minimum absolute atomic E-state index is 0.0209. The molecule has 0 saturated heterocycles. The van der Waals surface area contributed by atoms with Gasteiger partial charge in [-0.1, -0.05) is 39.0 Å². The summed E-state index contributed by atoms with van der Waals surface area (Å²) in [5, 5.41) is 10.3. The summed E-state index contributed by atoms with van der Waals surface area (Å²) in [4.78, 5) is 3.47. The van der Waals surface area contributed by atoms with Crippen LogP contribution in [0.2, 0.25) is 0 Å². The number of phenols is 1. The zero-order chi connectivity index (χ0) is 20.6. The average Bonchev–Trinajstić information content (AvgIpc) is 2.50. The van der Waals surface area contributed by atoms with Crippen molar-refractivity contribution in [2.45, 2.75) is 38.5 Å². The van der Waals surface area contributed by atoms with Gasteiger partial charge in [-0.2, -0.15) is 26.3 Å². The number of rotatable bonds is 2. The molecule has 8 heteroatoms. The summed E-state index contributed by atoms with van der Waals surface area (Å²) in [7, 11) is 0. The van der Waals surface area contributed by atoms with Crippen LogP contribution < -0.4 is 0 Å². The summed E-state index contributed by atoms with van der Waals surface area (Å²) >= 11 is 0. The second-order valence-corrected chi connectivity index (χ2v) is 6.95. The molecule has 27 heavy (non-hydrogen) atoms. The SMILES string of the molecule is CC(C)(C)c1cccc(C=Nc2c(C(F)(F)F)cccc2C(F)(F)F)c1O. The Bertz CT molecular complexity index is 828. The van der Waals surface area contributed by atoms with E-state index in [4.69, 9.17) is 0 Å². The highest BCUT2D eigenvalue weighted by atomic mass is 19.4. The Hall–Kier alpha value is -2.51. The quantitative estimate of drug-likeness (QED) is 0.463. The molecule has 0 aliphatic carbocycles. The summed E-state index contributed by atoms with van der Waals surface area (Å²) < 4.78 is 78.9. The van der Waals surface area contributed by atoms with Crippen molar-refractivity contribution in [3.63, 3.8) is 0 Å². The summed E-state index contributed by atoms with van der Waals surface area (Å²) in [6.45, 7) is 5.43. The third-order valence-electron chi connectivity index (χ3n) is 3.85. The molecule has 0 aliphatic rings. The molecule has 0 unspecified atom stereocenters. The Morgan fingerprint density at radius 2 is 1.22 bits per heavy atom. The van der Waals surface area contributed by atoms with Gasteiger partial charge in [0, 0.05) is 11.8 Å². The molecule has 0 amide bonds. The number of phenolic OH excluding ortho intramolecular Hbond substituents is 1. The monoisotopic (exact) mass is 389 g/mol. The van der Waals surface area contributed by atoms with Gasteiger partial charge in [-0.05, 0) is 29.2 Å².